The molecular formula is C20H23N3O2. The summed E-state index contributed by atoms with van der Waals surface area (Å²) in [6.45, 7) is 4.88. The van der Waals surface area contributed by atoms with Gasteiger partial charge in [0.2, 0.25) is 0 Å². The van der Waals surface area contributed by atoms with Crippen LogP contribution < -0.4 is 10.1 Å². The SMILES string of the molecule is CCC(NC(=O)c1cn(CC)c2ncccc12)c1ccc(OC)cc1. The first-order valence-electron chi connectivity index (χ1n) is 8.56. The van der Waals surface area contributed by atoms with Crippen molar-refractivity contribution in [1.29, 1.82) is 0 Å². The van der Waals surface area contributed by atoms with Gasteiger partial charge in [0.15, 0.2) is 0 Å². The normalized spacial score (nSPS) is 12.1. The van der Waals surface area contributed by atoms with Crippen LogP contribution in [-0.2, 0) is 6.54 Å². The van der Waals surface area contributed by atoms with Gasteiger partial charge in [-0.3, -0.25) is 4.79 Å². The summed E-state index contributed by atoms with van der Waals surface area (Å²) in [5, 5.41) is 4.03. The van der Waals surface area contributed by atoms with Gasteiger partial charge in [0.05, 0.1) is 18.7 Å². The van der Waals surface area contributed by atoms with Gasteiger partial charge >= 0.3 is 0 Å². The molecule has 0 bridgehead atoms. The van der Waals surface area contributed by atoms with Crippen molar-refractivity contribution in [1.82, 2.24) is 14.9 Å². The fourth-order valence-corrected chi connectivity index (χ4v) is 3.04. The number of fused-ring (bicyclic) bond motifs is 1. The molecule has 3 rings (SSSR count). The third-order valence-electron chi connectivity index (χ3n) is 4.45. The molecular weight excluding hydrogens is 314 g/mol. The molecule has 0 spiro atoms. The van der Waals surface area contributed by atoms with Crippen LogP contribution in [0.2, 0.25) is 0 Å². The van der Waals surface area contributed by atoms with Gasteiger partial charge in [0, 0.05) is 24.3 Å². The first-order chi connectivity index (χ1) is 12.2. The molecule has 1 N–H and O–H groups in total. The van der Waals surface area contributed by atoms with Crippen molar-refractivity contribution in [3.8, 4) is 5.75 Å². The molecule has 3 aromatic rings. The predicted octanol–water partition coefficient (Wildman–Crippen LogP) is 3.95. The van der Waals surface area contributed by atoms with Crippen LogP contribution in [0.1, 0.15) is 42.2 Å². The number of hydrogen-bond donors (Lipinski definition) is 1. The van der Waals surface area contributed by atoms with Crippen LogP contribution in [0.4, 0.5) is 0 Å². The number of hydrogen-bond acceptors (Lipinski definition) is 3. The summed E-state index contributed by atoms with van der Waals surface area (Å²) in [5.74, 6) is 0.731. The Balaban J connectivity index is 1.87. The number of benzene rings is 1. The fourth-order valence-electron chi connectivity index (χ4n) is 3.04. The second kappa shape index (κ2) is 7.38. The van der Waals surface area contributed by atoms with E-state index in [1.807, 2.05) is 54.1 Å². The highest BCUT2D eigenvalue weighted by molar-refractivity contribution is 6.06. The molecule has 130 valence electrons. The number of pyridine rings is 1. The number of rotatable bonds is 6. The third-order valence-corrected chi connectivity index (χ3v) is 4.45. The van der Waals surface area contributed by atoms with Crippen molar-refractivity contribution in [3.05, 3.63) is 59.9 Å². The smallest absolute Gasteiger partial charge is 0.253 e. The molecule has 5 heteroatoms. The molecule has 0 saturated carbocycles. The van der Waals surface area contributed by atoms with E-state index in [2.05, 4.69) is 17.2 Å². The number of ether oxygens (including phenoxy) is 1. The number of methoxy groups -OCH3 is 1. The van der Waals surface area contributed by atoms with Gasteiger partial charge in [-0.25, -0.2) is 4.98 Å². The Kier molecular flexibility index (Phi) is 5.03. The molecule has 0 fully saturated rings. The van der Waals surface area contributed by atoms with E-state index >= 15 is 0 Å². The van der Waals surface area contributed by atoms with E-state index in [1.165, 1.54) is 0 Å². The minimum atomic E-state index is -0.0760. The number of aromatic nitrogens is 2. The molecule has 1 atom stereocenters. The van der Waals surface area contributed by atoms with Crippen molar-refractivity contribution in [2.45, 2.75) is 32.9 Å². The summed E-state index contributed by atoms with van der Waals surface area (Å²) >= 11 is 0. The third kappa shape index (κ3) is 3.36. The second-order valence-corrected chi connectivity index (χ2v) is 5.91. The molecule has 25 heavy (non-hydrogen) atoms. The number of carbonyl (C=O) groups is 1. The molecule has 1 unspecified atom stereocenters. The van der Waals surface area contributed by atoms with Gasteiger partial charge in [0.1, 0.15) is 11.4 Å². The number of amides is 1. The van der Waals surface area contributed by atoms with E-state index in [0.29, 0.717) is 5.56 Å². The molecule has 0 aliphatic carbocycles. The Labute approximate surface area is 147 Å². The number of carbonyl (C=O) groups excluding carboxylic acids is 1. The molecule has 0 radical (unpaired) electrons. The van der Waals surface area contributed by atoms with Crippen LogP contribution in [0, 0.1) is 0 Å². The van der Waals surface area contributed by atoms with Crippen LogP contribution in [-0.4, -0.2) is 22.6 Å². The first-order valence-corrected chi connectivity index (χ1v) is 8.56. The van der Waals surface area contributed by atoms with Crippen LogP contribution in [0.15, 0.2) is 48.8 Å². The Morgan fingerprint density at radius 3 is 2.64 bits per heavy atom. The maximum Gasteiger partial charge on any atom is 0.253 e. The van der Waals surface area contributed by atoms with Gasteiger partial charge in [-0.15, -0.1) is 0 Å². The maximum atomic E-state index is 12.9. The standard InChI is InChI=1S/C20H23N3O2/c1-4-18(14-8-10-15(25-3)11-9-14)22-20(24)17-13-23(5-2)19-16(17)7-6-12-21-19/h6-13,18H,4-5H2,1-3H3,(H,22,24). The molecule has 0 saturated heterocycles. The molecule has 2 heterocycles. The lowest BCUT2D eigenvalue weighted by Crippen LogP contribution is -2.28. The Bertz CT molecular complexity index is 868. The van der Waals surface area contributed by atoms with E-state index in [0.717, 1.165) is 35.3 Å². The summed E-state index contributed by atoms with van der Waals surface area (Å²) in [4.78, 5) is 17.3. The van der Waals surface area contributed by atoms with E-state index in [9.17, 15) is 4.79 Å². The van der Waals surface area contributed by atoms with Crippen molar-refractivity contribution in [2.24, 2.45) is 0 Å². The topological polar surface area (TPSA) is 56.2 Å². The molecule has 0 aliphatic heterocycles. The quantitative estimate of drug-likeness (QED) is 0.741. The molecule has 5 nitrogen and oxygen atoms in total. The van der Waals surface area contributed by atoms with Crippen LogP contribution >= 0.6 is 0 Å². The lowest BCUT2D eigenvalue weighted by Gasteiger charge is -2.17. The highest BCUT2D eigenvalue weighted by Crippen LogP contribution is 2.23. The molecule has 0 aliphatic rings. The van der Waals surface area contributed by atoms with Crippen molar-refractivity contribution < 1.29 is 9.53 Å². The van der Waals surface area contributed by atoms with Gasteiger partial charge < -0.3 is 14.6 Å². The minimum Gasteiger partial charge on any atom is -0.497 e. The highest BCUT2D eigenvalue weighted by atomic mass is 16.5. The summed E-state index contributed by atoms with van der Waals surface area (Å²) in [5.41, 5.74) is 2.57. The van der Waals surface area contributed by atoms with E-state index in [1.54, 1.807) is 13.3 Å². The van der Waals surface area contributed by atoms with Gasteiger partial charge in [-0.05, 0) is 43.2 Å². The van der Waals surface area contributed by atoms with E-state index in [4.69, 9.17) is 4.74 Å². The summed E-state index contributed by atoms with van der Waals surface area (Å²) < 4.78 is 7.20. The Morgan fingerprint density at radius 2 is 2.00 bits per heavy atom. The fraction of sp³-hybridized carbons (Fsp3) is 0.300. The summed E-state index contributed by atoms with van der Waals surface area (Å²) in [6.07, 6.45) is 4.44. The van der Waals surface area contributed by atoms with Gasteiger partial charge in [0.25, 0.3) is 5.91 Å². The second-order valence-electron chi connectivity index (χ2n) is 5.91. The zero-order valence-electron chi connectivity index (χ0n) is 14.8. The number of nitrogens with one attached hydrogen (secondary N) is 1. The average Bonchev–Trinajstić information content (AvgIpc) is 3.05. The highest BCUT2D eigenvalue weighted by Gasteiger charge is 2.19. The Hall–Kier alpha value is -2.82. The lowest BCUT2D eigenvalue weighted by molar-refractivity contribution is 0.0937. The minimum absolute atomic E-state index is 0.0462. The van der Waals surface area contributed by atoms with Gasteiger partial charge in [-0.2, -0.15) is 0 Å². The predicted molar refractivity (Wildman–Crippen MR) is 98.9 cm³/mol. The van der Waals surface area contributed by atoms with Crippen molar-refractivity contribution in [3.63, 3.8) is 0 Å². The molecule has 1 amide bonds. The lowest BCUT2D eigenvalue weighted by atomic mass is 10.0. The number of aryl methyl sites for hydroxylation is 1. The van der Waals surface area contributed by atoms with Crippen molar-refractivity contribution in [2.75, 3.05) is 7.11 Å². The average molecular weight is 337 g/mol. The monoisotopic (exact) mass is 337 g/mol. The summed E-state index contributed by atoms with van der Waals surface area (Å²) in [7, 11) is 1.64. The molecule has 1 aromatic carbocycles. The zero-order chi connectivity index (χ0) is 17.8. The largest absolute Gasteiger partial charge is 0.497 e. The van der Waals surface area contributed by atoms with E-state index < -0.39 is 0 Å². The molecule has 2 aromatic heterocycles. The van der Waals surface area contributed by atoms with Crippen LogP contribution in [0.3, 0.4) is 0 Å². The van der Waals surface area contributed by atoms with Gasteiger partial charge in [-0.1, -0.05) is 19.1 Å². The van der Waals surface area contributed by atoms with Crippen LogP contribution in [0.25, 0.3) is 11.0 Å². The van der Waals surface area contributed by atoms with Crippen molar-refractivity contribution >= 4 is 16.9 Å². The zero-order valence-corrected chi connectivity index (χ0v) is 14.8. The first kappa shape index (κ1) is 17.0. The van der Waals surface area contributed by atoms with Crippen LogP contribution in [0.5, 0.6) is 5.75 Å². The maximum absolute atomic E-state index is 12.9. The summed E-state index contributed by atoms with van der Waals surface area (Å²) in [6, 6.07) is 11.6. The Morgan fingerprint density at radius 1 is 1.24 bits per heavy atom. The number of nitrogens with zero attached hydrogens (tertiary/aromatic N) is 2. The van der Waals surface area contributed by atoms with E-state index in [-0.39, 0.29) is 11.9 Å².